The van der Waals surface area contributed by atoms with E-state index in [1.165, 1.54) is 44.5 Å². The number of rotatable bonds is 7. The molecule has 208 valence electrons. The molecule has 40 heavy (non-hydrogen) atoms. The summed E-state index contributed by atoms with van der Waals surface area (Å²) in [7, 11) is 0. The van der Waals surface area contributed by atoms with E-state index in [9.17, 15) is 0 Å². The van der Waals surface area contributed by atoms with Crippen LogP contribution in [-0.2, 0) is 0 Å². The van der Waals surface area contributed by atoms with Crippen LogP contribution in [0.25, 0.3) is 11.2 Å². The highest BCUT2D eigenvalue weighted by Gasteiger charge is 2.26. The van der Waals surface area contributed by atoms with Gasteiger partial charge in [0, 0.05) is 68.4 Å². The smallest absolute Gasteiger partial charge is 0.229 e. The van der Waals surface area contributed by atoms with Gasteiger partial charge in [0.15, 0.2) is 5.65 Å². The zero-order valence-electron chi connectivity index (χ0n) is 23.1. The Morgan fingerprint density at radius 1 is 0.725 bits per heavy atom. The van der Waals surface area contributed by atoms with Crippen molar-refractivity contribution in [3.8, 4) is 0 Å². The fraction of sp³-hybridized carbons (Fsp3) is 0.452. The molecule has 3 aliphatic rings. The van der Waals surface area contributed by atoms with Crippen molar-refractivity contribution in [3.63, 3.8) is 0 Å². The number of hydrogen-bond acceptors (Lipinski definition) is 8. The highest BCUT2D eigenvalue weighted by atomic mass is 15.3. The molecule has 3 fully saturated rings. The van der Waals surface area contributed by atoms with Gasteiger partial charge in [-0.2, -0.15) is 4.98 Å². The molecule has 0 bridgehead atoms. The molecular formula is C31H39N9. The van der Waals surface area contributed by atoms with Crippen LogP contribution in [0.5, 0.6) is 0 Å². The van der Waals surface area contributed by atoms with E-state index < -0.39 is 0 Å². The number of hydrogen-bond donors (Lipinski definition) is 3. The first-order valence-corrected chi connectivity index (χ1v) is 14.9. The maximum absolute atomic E-state index is 4.96. The Morgan fingerprint density at radius 3 is 2.20 bits per heavy atom. The highest BCUT2D eigenvalue weighted by Crippen LogP contribution is 2.36. The monoisotopic (exact) mass is 537 g/mol. The predicted molar refractivity (Wildman–Crippen MR) is 162 cm³/mol. The van der Waals surface area contributed by atoms with Crippen LogP contribution in [0.15, 0.2) is 60.8 Å². The molecule has 2 aromatic heterocycles. The molecule has 2 aliphatic heterocycles. The number of para-hydroxylation sites is 1. The third-order valence-corrected chi connectivity index (χ3v) is 8.77. The molecule has 0 unspecified atom stereocenters. The standard InChI is InChI=1S/C31H39N9/c1-2-6-23(7-3-1)35-31-36-28-22-33-30(37-29(28)40(31)27-8-4-5-9-27)34-24-10-12-25(13-11-24)38-18-14-26(15-19-38)39-20-16-32-17-21-39/h1-3,6-7,10-13,22,26-27,32H,4-5,8-9,14-21H2,(H,35,36)(H,33,34,37). The quantitative estimate of drug-likeness (QED) is 0.293. The fourth-order valence-corrected chi connectivity index (χ4v) is 6.62. The normalized spacial score (nSPS) is 19.4. The Labute approximate surface area is 236 Å². The van der Waals surface area contributed by atoms with E-state index in [4.69, 9.17) is 9.97 Å². The molecule has 3 N–H and O–H groups in total. The van der Waals surface area contributed by atoms with Gasteiger partial charge in [-0.05, 0) is 62.1 Å². The molecule has 1 saturated carbocycles. The number of aromatic nitrogens is 4. The number of nitrogens with zero attached hydrogens (tertiary/aromatic N) is 6. The summed E-state index contributed by atoms with van der Waals surface area (Å²) in [5.74, 6) is 1.44. The van der Waals surface area contributed by atoms with E-state index in [2.05, 4.69) is 71.7 Å². The van der Waals surface area contributed by atoms with Gasteiger partial charge >= 0.3 is 0 Å². The Morgan fingerprint density at radius 2 is 1.45 bits per heavy atom. The van der Waals surface area contributed by atoms with Gasteiger partial charge in [-0.15, -0.1) is 0 Å². The van der Waals surface area contributed by atoms with Crippen molar-refractivity contribution in [3.05, 3.63) is 60.8 Å². The van der Waals surface area contributed by atoms with Crippen LogP contribution in [0, 0.1) is 0 Å². The summed E-state index contributed by atoms with van der Waals surface area (Å²) in [5.41, 5.74) is 5.00. The SMILES string of the molecule is c1ccc(Nc2nc3cnc(Nc4ccc(N5CCC(N6CCNCC6)CC5)cc4)nc3n2C2CCCC2)cc1. The van der Waals surface area contributed by atoms with E-state index >= 15 is 0 Å². The van der Waals surface area contributed by atoms with E-state index in [1.54, 1.807) is 0 Å². The van der Waals surface area contributed by atoms with Gasteiger partial charge in [0.25, 0.3) is 0 Å². The minimum absolute atomic E-state index is 0.397. The van der Waals surface area contributed by atoms with Gasteiger partial charge in [-0.1, -0.05) is 31.0 Å². The topological polar surface area (TPSA) is 86.2 Å². The van der Waals surface area contributed by atoms with E-state index in [-0.39, 0.29) is 0 Å². The van der Waals surface area contributed by atoms with Gasteiger partial charge in [-0.25, -0.2) is 9.97 Å². The highest BCUT2D eigenvalue weighted by molar-refractivity contribution is 5.77. The van der Waals surface area contributed by atoms with Crippen LogP contribution in [0.3, 0.4) is 0 Å². The zero-order chi connectivity index (χ0) is 26.7. The molecule has 0 amide bonds. The number of benzene rings is 2. The maximum atomic E-state index is 4.96. The summed E-state index contributed by atoms with van der Waals surface area (Å²) in [4.78, 5) is 19.7. The van der Waals surface area contributed by atoms with Crippen LogP contribution in [0.4, 0.5) is 29.0 Å². The Balaban J connectivity index is 1.06. The van der Waals surface area contributed by atoms with Crippen molar-refractivity contribution in [2.75, 3.05) is 54.8 Å². The molecule has 4 aromatic rings. The Kier molecular flexibility index (Phi) is 7.22. The lowest BCUT2D eigenvalue weighted by atomic mass is 10.0. The van der Waals surface area contributed by atoms with Gasteiger partial charge < -0.3 is 20.9 Å². The average Bonchev–Trinajstić information content (AvgIpc) is 3.66. The van der Waals surface area contributed by atoms with Crippen LogP contribution in [0.2, 0.25) is 0 Å². The van der Waals surface area contributed by atoms with E-state index in [0.29, 0.717) is 12.0 Å². The third-order valence-electron chi connectivity index (χ3n) is 8.77. The molecule has 4 heterocycles. The summed E-state index contributed by atoms with van der Waals surface area (Å²) in [5, 5.41) is 10.4. The molecule has 0 atom stereocenters. The van der Waals surface area contributed by atoms with Crippen LogP contribution in [0.1, 0.15) is 44.6 Å². The van der Waals surface area contributed by atoms with Crippen molar-refractivity contribution >= 4 is 40.1 Å². The number of nitrogens with one attached hydrogen (secondary N) is 3. The van der Waals surface area contributed by atoms with E-state index in [1.807, 2.05) is 24.4 Å². The second-order valence-electron chi connectivity index (χ2n) is 11.3. The summed E-state index contributed by atoms with van der Waals surface area (Å²) in [6.07, 6.45) is 9.10. The summed E-state index contributed by atoms with van der Waals surface area (Å²) in [6.45, 7) is 6.85. The Hall–Kier alpha value is -3.69. The van der Waals surface area contributed by atoms with Crippen molar-refractivity contribution in [2.24, 2.45) is 0 Å². The first kappa shape index (κ1) is 25.3. The second-order valence-corrected chi connectivity index (χ2v) is 11.3. The zero-order valence-corrected chi connectivity index (χ0v) is 23.1. The first-order chi connectivity index (χ1) is 19.8. The molecule has 2 aromatic carbocycles. The lowest BCUT2D eigenvalue weighted by Crippen LogP contribution is -2.52. The van der Waals surface area contributed by atoms with Gasteiger partial charge in [-0.3, -0.25) is 9.47 Å². The summed E-state index contributed by atoms with van der Waals surface area (Å²) in [6, 6.07) is 20.1. The van der Waals surface area contributed by atoms with Gasteiger partial charge in [0.1, 0.15) is 5.52 Å². The fourth-order valence-electron chi connectivity index (χ4n) is 6.62. The number of anilines is 5. The first-order valence-electron chi connectivity index (χ1n) is 14.9. The second kappa shape index (κ2) is 11.4. The third kappa shape index (κ3) is 5.36. The molecular weight excluding hydrogens is 498 g/mol. The molecule has 0 radical (unpaired) electrons. The largest absolute Gasteiger partial charge is 0.371 e. The lowest BCUT2D eigenvalue weighted by molar-refractivity contribution is 0.150. The summed E-state index contributed by atoms with van der Waals surface area (Å²) >= 11 is 0. The number of piperidine rings is 1. The number of fused-ring (bicyclic) bond motifs is 1. The van der Waals surface area contributed by atoms with Crippen molar-refractivity contribution in [1.82, 2.24) is 29.7 Å². The van der Waals surface area contributed by atoms with Crippen molar-refractivity contribution in [2.45, 2.75) is 50.6 Å². The van der Waals surface area contributed by atoms with E-state index in [0.717, 1.165) is 73.5 Å². The van der Waals surface area contributed by atoms with Crippen LogP contribution < -0.4 is 20.9 Å². The molecule has 1 aliphatic carbocycles. The predicted octanol–water partition coefficient (Wildman–Crippen LogP) is 5.30. The molecule has 9 heteroatoms. The lowest BCUT2D eigenvalue weighted by Gasteiger charge is -2.41. The molecule has 2 saturated heterocycles. The van der Waals surface area contributed by atoms with Crippen molar-refractivity contribution < 1.29 is 0 Å². The molecule has 9 nitrogen and oxygen atoms in total. The van der Waals surface area contributed by atoms with Crippen LogP contribution in [-0.4, -0.2) is 69.7 Å². The van der Waals surface area contributed by atoms with Gasteiger partial charge in [0.05, 0.1) is 6.20 Å². The number of piperazine rings is 1. The number of imidazole rings is 1. The average molecular weight is 538 g/mol. The van der Waals surface area contributed by atoms with Gasteiger partial charge in [0.2, 0.25) is 11.9 Å². The Bertz CT molecular complexity index is 1400. The molecule has 0 spiro atoms. The maximum Gasteiger partial charge on any atom is 0.229 e. The van der Waals surface area contributed by atoms with Crippen molar-refractivity contribution in [1.29, 1.82) is 0 Å². The minimum atomic E-state index is 0.397. The molecule has 7 rings (SSSR count). The minimum Gasteiger partial charge on any atom is -0.371 e. The van der Waals surface area contributed by atoms with Crippen LogP contribution >= 0.6 is 0 Å². The summed E-state index contributed by atoms with van der Waals surface area (Å²) < 4.78 is 2.29.